The van der Waals surface area contributed by atoms with Crippen LogP contribution in [0.3, 0.4) is 0 Å². The number of hydrogen-bond donors (Lipinski definition) is 2. The van der Waals surface area contributed by atoms with Gasteiger partial charge < -0.3 is 14.8 Å². The molecule has 2 rings (SSSR count). The summed E-state index contributed by atoms with van der Waals surface area (Å²) in [6.45, 7) is 1.65. The molecule has 0 atom stereocenters. The lowest BCUT2D eigenvalue weighted by atomic mass is 10.2. The zero-order valence-corrected chi connectivity index (χ0v) is 9.34. The first-order chi connectivity index (χ1) is 7.56. The molecule has 0 amide bonds. The fourth-order valence-corrected chi connectivity index (χ4v) is 2.20. The summed E-state index contributed by atoms with van der Waals surface area (Å²) >= 11 is 0.977. The summed E-state index contributed by atoms with van der Waals surface area (Å²) in [4.78, 5) is 25.1. The van der Waals surface area contributed by atoms with Crippen LogP contribution >= 0.6 is 11.5 Å². The van der Waals surface area contributed by atoms with Gasteiger partial charge in [-0.1, -0.05) is 0 Å². The van der Waals surface area contributed by atoms with E-state index in [2.05, 4.69) is 14.1 Å². The van der Waals surface area contributed by atoms with E-state index in [9.17, 15) is 14.7 Å². The Bertz CT molecular complexity index is 628. The van der Waals surface area contributed by atoms with Crippen LogP contribution in [0.25, 0.3) is 10.1 Å². The van der Waals surface area contributed by atoms with Crippen molar-refractivity contribution in [3.05, 3.63) is 21.7 Å². The quantitative estimate of drug-likeness (QED) is 0.719. The number of nitrogens with zero attached hydrogens (tertiary/aromatic N) is 1. The highest BCUT2D eigenvalue weighted by Gasteiger charge is 2.20. The van der Waals surface area contributed by atoms with Crippen LogP contribution in [0.15, 0.2) is 4.79 Å². The Morgan fingerprint density at radius 3 is 2.88 bits per heavy atom. The maximum atomic E-state index is 11.6. The number of carbonyl (C=O) groups excluding carboxylic acids is 1. The number of fused-ring (bicyclic) bond motifs is 1. The van der Waals surface area contributed by atoms with Gasteiger partial charge in [0, 0.05) is 0 Å². The molecule has 0 unspecified atom stereocenters. The van der Waals surface area contributed by atoms with Crippen LogP contribution < -0.4 is 5.56 Å². The number of methoxy groups -OCH3 is 1. The van der Waals surface area contributed by atoms with Gasteiger partial charge in [0.25, 0.3) is 5.56 Å². The Hall–Kier alpha value is -1.89. The van der Waals surface area contributed by atoms with Gasteiger partial charge in [-0.25, -0.2) is 4.79 Å². The molecule has 0 aliphatic rings. The molecule has 0 aliphatic carbocycles. The van der Waals surface area contributed by atoms with Crippen LogP contribution in [0, 0.1) is 6.92 Å². The number of pyridine rings is 1. The summed E-state index contributed by atoms with van der Waals surface area (Å²) in [7, 11) is 1.17. The summed E-state index contributed by atoms with van der Waals surface area (Å²) in [6.07, 6.45) is 0. The van der Waals surface area contributed by atoms with Crippen LogP contribution in [0.4, 0.5) is 0 Å². The van der Waals surface area contributed by atoms with Crippen molar-refractivity contribution in [1.82, 2.24) is 9.36 Å². The van der Waals surface area contributed by atoms with E-state index < -0.39 is 11.5 Å². The molecule has 0 spiro atoms. The van der Waals surface area contributed by atoms with Crippen LogP contribution in [-0.4, -0.2) is 27.5 Å². The van der Waals surface area contributed by atoms with Gasteiger partial charge >= 0.3 is 5.97 Å². The molecule has 0 aromatic carbocycles. The van der Waals surface area contributed by atoms with Crippen molar-refractivity contribution in [3.63, 3.8) is 0 Å². The fraction of sp³-hybridized carbons (Fsp3) is 0.222. The third kappa shape index (κ3) is 1.36. The highest BCUT2D eigenvalue weighted by atomic mass is 32.1. The van der Waals surface area contributed by atoms with Gasteiger partial charge in [-0.05, 0) is 18.5 Å². The van der Waals surface area contributed by atoms with Crippen LogP contribution in [0.1, 0.15) is 16.2 Å². The summed E-state index contributed by atoms with van der Waals surface area (Å²) < 4.78 is 8.70. The molecule has 6 nitrogen and oxygen atoms in total. The maximum absolute atomic E-state index is 11.6. The number of H-pyrrole nitrogens is 1. The number of hydrogen-bond acceptors (Lipinski definition) is 6. The predicted molar refractivity (Wildman–Crippen MR) is 58.0 cm³/mol. The number of aryl methyl sites for hydroxylation is 1. The Morgan fingerprint density at radius 1 is 1.56 bits per heavy atom. The second kappa shape index (κ2) is 3.60. The lowest BCUT2D eigenvalue weighted by Gasteiger charge is -2.03. The van der Waals surface area contributed by atoms with Gasteiger partial charge in [0.05, 0.1) is 18.2 Å². The van der Waals surface area contributed by atoms with Crippen molar-refractivity contribution in [3.8, 4) is 5.75 Å². The smallest absolute Gasteiger partial charge is 0.358 e. The Balaban J connectivity index is 2.89. The molecule has 0 fully saturated rings. The van der Waals surface area contributed by atoms with Crippen molar-refractivity contribution < 1.29 is 14.6 Å². The second-order valence-electron chi connectivity index (χ2n) is 3.14. The van der Waals surface area contributed by atoms with Crippen molar-refractivity contribution in [2.75, 3.05) is 7.11 Å². The van der Waals surface area contributed by atoms with Crippen molar-refractivity contribution in [2.45, 2.75) is 6.92 Å². The first-order valence-electron chi connectivity index (χ1n) is 4.35. The van der Waals surface area contributed by atoms with E-state index >= 15 is 0 Å². The average molecular weight is 240 g/mol. The summed E-state index contributed by atoms with van der Waals surface area (Å²) in [6, 6.07) is 0. The molecule has 2 aromatic heterocycles. The van der Waals surface area contributed by atoms with E-state index in [1.165, 1.54) is 7.11 Å². The van der Waals surface area contributed by atoms with Crippen LogP contribution in [0.5, 0.6) is 5.75 Å². The Labute approximate surface area is 93.7 Å². The first-order valence-corrected chi connectivity index (χ1v) is 5.13. The minimum absolute atomic E-state index is 0.247. The molecule has 7 heteroatoms. The van der Waals surface area contributed by atoms with Gasteiger partial charge in [0.1, 0.15) is 4.70 Å². The van der Waals surface area contributed by atoms with Gasteiger partial charge in [-0.2, -0.15) is 4.37 Å². The molecular weight excluding hydrogens is 232 g/mol. The van der Waals surface area contributed by atoms with Crippen molar-refractivity contribution in [1.29, 1.82) is 0 Å². The number of rotatable bonds is 1. The molecule has 0 bridgehead atoms. The van der Waals surface area contributed by atoms with E-state index in [0.717, 1.165) is 11.5 Å². The van der Waals surface area contributed by atoms with Crippen molar-refractivity contribution in [2.24, 2.45) is 0 Å². The van der Waals surface area contributed by atoms with Gasteiger partial charge in [-0.15, -0.1) is 0 Å². The maximum Gasteiger partial charge on any atom is 0.358 e. The van der Waals surface area contributed by atoms with Crippen LogP contribution in [0.2, 0.25) is 0 Å². The first kappa shape index (κ1) is 10.6. The highest BCUT2D eigenvalue weighted by Crippen LogP contribution is 2.29. The predicted octanol–water partition coefficient (Wildman–Crippen LogP) is 0.785. The standard InChI is InChI=1S/C9H8N2O4S/c1-3-4-6(12)5(9(14)15-2)10-8(13)7(4)16-11-3/h12H,1-2H3,(H,10,13). The number of ether oxygens (including phenoxy) is 1. The topological polar surface area (TPSA) is 92.3 Å². The number of nitrogens with one attached hydrogen (secondary N) is 1. The fourth-order valence-electron chi connectivity index (χ4n) is 1.41. The summed E-state index contributed by atoms with van der Waals surface area (Å²) in [5.41, 5.74) is -0.198. The lowest BCUT2D eigenvalue weighted by Crippen LogP contribution is -2.13. The molecule has 0 saturated heterocycles. The molecule has 0 radical (unpaired) electrons. The highest BCUT2D eigenvalue weighted by molar-refractivity contribution is 7.13. The molecule has 2 heterocycles. The van der Waals surface area contributed by atoms with Crippen LogP contribution in [-0.2, 0) is 4.74 Å². The minimum atomic E-state index is -0.790. The number of aromatic amines is 1. The summed E-state index contributed by atoms with van der Waals surface area (Å²) in [5.74, 6) is -1.09. The van der Waals surface area contributed by atoms with Gasteiger partial charge in [0.2, 0.25) is 0 Å². The second-order valence-corrected chi connectivity index (χ2v) is 3.91. The third-order valence-corrected chi connectivity index (χ3v) is 3.11. The molecule has 0 aliphatic heterocycles. The van der Waals surface area contributed by atoms with Gasteiger partial charge in [-0.3, -0.25) is 4.79 Å². The number of aromatic hydroxyl groups is 1. The van der Waals surface area contributed by atoms with E-state index in [4.69, 9.17) is 0 Å². The summed E-state index contributed by atoms with van der Waals surface area (Å²) in [5, 5.41) is 10.1. The number of esters is 1. The average Bonchev–Trinajstić information content (AvgIpc) is 2.65. The van der Waals surface area contributed by atoms with E-state index in [-0.39, 0.29) is 11.4 Å². The number of aromatic nitrogens is 2. The normalized spacial score (nSPS) is 10.6. The zero-order valence-electron chi connectivity index (χ0n) is 8.53. The molecular formula is C9H8N2O4S. The van der Waals surface area contributed by atoms with Gasteiger partial charge in [0.15, 0.2) is 11.4 Å². The molecule has 0 saturated carbocycles. The third-order valence-electron chi connectivity index (χ3n) is 2.17. The number of carbonyl (C=O) groups is 1. The minimum Gasteiger partial charge on any atom is -0.505 e. The monoisotopic (exact) mass is 240 g/mol. The lowest BCUT2D eigenvalue weighted by molar-refractivity contribution is 0.0590. The Kier molecular flexibility index (Phi) is 2.39. The van der Waals surface area contributed by atoms with Crippen molar-refractivity contribution >= 4 is 27.6 Å². The van der Waals surface area contributed by atoms with E-state index in [1.807, 2.05) is 0 Å². The largest absolute Gasteiger partial charge is 0.505 e. The van der Waals surface area contributed by atoms with E-state index in [0.29, 0.717) is 15.8 Å². The van der Waals surface area contributed by atoms with E-state index in [1.54, 1.807) is 6.92 Å². The Morgan fingerprint density at radius 2 is 2.25 bits per heavy atom. The molecule has 84 valence electrons. The molecule has 2 N–H and O–H groups in total. The zero-order chi connectivity index (χ0) is 11.9. The molecule has 16 heavy (non-hydrogen) atoms. The molecule has 2 aromatic rings. The SMILES string of the molecule is COC(=O)c1[nH]c(=O)c2snc(C)c2c1O.